The van der Waals surface area contributed by atoms with E-state index in [1.165, 1.54) is 0 Å². The van der Waals surface area contributed by atoms with Gasteiger partial charge in [-0.3, -0.25) is 4.79 Å². The van der Waals surface area contributed by atoms with E-state index in [1.807, 2.05) is 0 Å². The molecule has 1 heterocycles. The first-order valence-corrected chi connectivity index (χ1v) is 12.4. The SMILES string of the molecule is CC(C)C1C=CC(CO[Si](C)(C)C(C)(C)C)CC2OC2C(=O)CC1. The molecule has 0 radical (unpaired) electrons. The minimum absolute atomic E-state index is 0.116. The smallest absolute Gasteiger partial charge is 0.192 e. The number of ether oxygens (including phenoxy) is 1. The maximum absolute atomic E-state index is 12.2. The topological polar surface area (TPSA) is 38.8 Å². The first-order chi connectivity index (χ1) is 11.0. The molecule has 4 heteroatoms. The Morgan fingerprint density at radius 2 is 1.96 bits per heavy atom. The van der Waals surface area contributed by atoms with Gasteiger partial charge in [-0.15, -0.1) is 0 Å². The van der Waals surface area contributed by atoms with Crippen molar-refractivity contribution in [2.75, 3.05) is 6.61 Å². The number of epoxide rings is 1. The van der Waals surface area contributed by atoms with Crippen molar-refractivity contribution in [3.05, 3.63) is 12.2 Å². The van der Waals surface area contributed by atoms with E-state index < -0.39 is 8.32 Å². The second-order valence-corrected chi connectivity index (χ2v) is 14.3. The summed E-state index contributed by atoms with van der Waals surface area (Å²) in [6, 6.07) is 0. The minimum atomic E-state index is -1.74. The van der Waals surface area contributed by atoms with Crippen LogP contribution in [0.15, 0.2) is 12.2 Å². The molecule has 1 saturated heterocycles. The Hall–Kier alpha value is -0.453. The Morgan fingerprint density at radius 3 is 2.54 bits per heavy atom. The molecule has 1 aliphatic carbocycles. The van der Waals surface area contributed by atoms with Gasteiger partial charge in [0.25, 0.3) is 0 Å². The van der Waals surface area contributed by atoms with Gasteiger partial charge in [0.05, 0.1) is 6.10 Å². The first kappa shape index (κ1) is 19.9. The van der Waals surface area contributed by atoms with Gasteiger partial charge in [0.1, 0.15) is 6.10 Å². The maximum Gasteiger partial charge on any atom is 0.192 e. The molecule has 0 saturated carbocycles. The van der Waals surface area contributed by atoms with E-state index in [4.69, 9.17) is 9.16 Å². The van der Waals surface area contributed by atoms with E-state index in [0.717, 1.165) is 19.4 Å². The zero-order chi connectivity index (χ0) is 18.1. The molecule has 1 aliphatic heterocycles. The van der Waals surface area contributed by atoms with Crippen molar-refractivity contribution in [1.29, 1.82) is 0 Å². The highest BCUT2D eigenvalue weighted by molar-refractivity contribution is 6.74. The van der Waals surface area contributed by atoms with Crippen molar-refractivity contribution in [3.8, 4) is 0 Å². The number of ketones is 1. The molecule has 2 rings (SSSR count). The van der Waals surface area contributed by atoms with Gasteiger partial charge < -0.3 is 9.16 Å². The van der Waals surface area contributed by atoms with Gasteiger partial charge in [-0.2, -0.15) is 0 Å². The van der Waals surface area contributed by atoms with Crippen molar-refractivity contribution >= 4 is 14.1 Å². The van der Waals surface area contributed by atoms with Crippen LogP contribution in [0.3, 0.4) is 0 Å². The van der Waals surface area contributed by atoms with Crippen LogP contribution in [0.1, 0.15) is 53.9 Å². The standard InChI is InChI=1S/C20H36O3Si/c1-14(2)16-9-8-15(13-22-24(6,7)20(3,4)5)12-18-19(23-18)17(21)11-10-16/h8-9,14-16,18-19H,10-13H2,1-7H3. The third-order valence-corrected chi connectivity index (χ3v) is 10.6. The molecule has 138 valence electrons. The summed E-state index contributed by atoms with van der Waals surface area (Å²) < 4.78 is 12.1. The number of Topliss-reactive ketones (excluding diaryl/α,β-unsaturated/α-hetero) is 1. The summed E-state index contributed by atoms with van der Waals surface area (Å²) in [6.07, 6.45) is 7.15. The van der Waals surface area contributed by atoms with Crippen LogP contribution in [0, 0.1) is 17.8 Å². The van der Waals surface area contributed by atoms with Crippen molar-refractivity contribution < 1.29 is 14.0 Å². The number of hydrogen-bond acceptors (Lipinski definition) is 3. The predicted octanol–water partition coefficient (Wildman–Crippen LogP) is 4.97. The number of hydrogen-bond donors (Lipinski definition) is 0. The Kier molecular flexibility index (Phi) is 6.15. The second kappa shape index (κ2) is 7.43. The van der Waals surface area contributed by atoms with E-state index in [1.54, 1.807) is 0 Å². The molecule has 4 atom stereocenters. The predicted molar refractivity (Wildman–Crippen MR) is 102 cm³/mol. The highest BCUT2D eigenvalue weighted by Gasteiger charge is 2.45. The summed E-state index contributed by atoms with van der Waals surface area (Å²) in [5.74, 6) is 1.68. The molecule has 0 aromatic rings. The lowest BCUT2D eigenvalue weighted by atomic mass is 9.86. The van der Waals surface area contributed by atoms with Crippen molar-refractivity contribution in [3.63, 3.8) is 0 Å². The number of rotatable bonds is 4. The maximum atomic E-state index is 12.2. The molecular formula is C20H36O3Si. The minimum Gasteiger partial charge on any atom is -0.416 e. The van der Waals surface area contributed by atoms with E-state index in [2.05, 4.69) is 59.9 Å². The van der Waals surface area contributed by atoms with Crippen LogP contribution in [0.25, 0.3) is 0 Å². The summed E-state index contributed by atoms with van der Waals surface area (Å²) >= 11 is 0. The molecular weight excluding hydrogens is 316 g/mol. The molecule has 0 aromatic heterocycles. The highest BCUT2D eigenvalue weighted by atomic mass is 28.4. The summed E-state index contributed by atoms with van der Waals surface area (Å²) in [5.41, 5.74) is 0. The Labute approximate surface area is 149 Å². The van der Waals surface area contributed by atoms with Crippen LogP contribution >= 0.6 is 0 Å². The lowest BCUT2D eigenvalue weighted by Crippen LogP contribution is -2.42. The van der Waals surface area contributed by atoms with Crippen molar-refractivity contribution in [2.24, 2.45) is 17.8 Å². The lowest BCUT2D eigenvalue weighted by Gasteiger charge is -2.37. The second-order valence-electron chi connectivity index (χ2n) is 9.46. The molecule has 2 aliphatic rings. The summed E-state index contributed by atoms with van der Waals surface area (Å²) in [7, 11) is -1.74. The number of fused-ring (bicyclic) bond motifs is 1. The van der Waals surface area contributed by atoms with Crippen LogP contribution in [-0.2, 0) is 14.0 Å². The Balaban J connectivity index is 2.06. The zero-order valence-corrected chi connectivity index (χ0v) is 17.6. The monoisotopic (exact) mass is 352 g/mol. The molecule has 0 amide bonds. The van der Waals surface area contributed by atoms with Crippen LogP contribution in [0.4, 0.5) is 0 Å². The van der Waals surface area contributed by atoms with Gasteiger partial charge in [0, 0.05) is 18.9 Å². The Morgan fingerprint density at radius 1 is 1.29 bits per heavy atom. The molecule has 0 aromatic carbocycles. The van der Waals surface area contributed by atoms with E-state index in [0.29, 0.717) is 30.0 Å². The van der Waals surface area contributed by atoms with Crippen LogP contribution < -0.4 is 0 Å². The normalized spacial score (nSPS) is 31.9. The molecule has 1 fully saturated rings. The van der Waals surface area contributed by atoms with E-state index >= 15 is 0 Å². The lowest BCUT2D eigenvalue weighted by molar-refractivity contribution is -0.120. The average Bonchev–Trinajstić information content (AvgIpc) is 3.21. The number of allylic oxidation sites excluding steroid dienone is 1. The zero-order valence-electron chi connectivity index (χ0n) is 16.6. The fourth-order valence-electron chi connectivity index (χ4n) is 3.04. The first-order valence-electron chi connectivity index (χ1n) is 9.51. The molecule has 3 nitrogen and oxygen atoms in total. The van der Waals surface area contributed by atoms with Gasteiger partial charge >= 0.3 is 0 Å². The van der Waals surface area contributed by atoms with Crippen molar-refractivity contribution in [1.82, 2.24) is 0 Å². The van der Waals surface area contributed by atoms with Crippen molar-refractivity contribution in [2.45, 2.75) is 84.2 Å². The number of carbonyl (C=O) groups excluding carboxylic acids is 1. The van der Waals surface area contributed by atoms with Gasteiger partial charge in [-0.1, -0.05) is 46.8 Å². The fraction of sp³-hybridized carbons (Fsp3) is 0.850. The van der Waals surface area contributed by atoms with Crippen LogP contribution in [-0.4, -0.2) is 32.9 Å². The summed E-state index contributed by atoms with van der Waals surface area (Å²) in [5, 5.41) is 0.224. The van der Waals surface area contributed by atoms with Gasteiger partial charge in [0.2, 0.25) is 0 Å². The molecule has 0 N–H and O–H groups in total. The summed E-state index contributed by atoms with van der Waals surface area (Å²) in [6.45, 7) is 16.6. The summed E-state index contributed by atoms with van der Waals surface area (Å²) in [4.78, 5) is 12.2. The quantitative estimate of drug-likeness (QED) is 0.407. The molecule has 0 spiro atoms. The van der Waals surface area contributed by atoms with Crippen LogP contribution in [0.5, 0.6) is 0 Å². The van der Waals surface area contributed by atoms with Crippen LogP contribution in [0.2, 0.25) is 18.1 Å². The molecule has 0 bridgehead atoms. The Bertz CT molecular complexity index is 476. The third-order valence-electron chi connectivity index (χ3n) is 6.11. The van der Waals surface area contributed by atoms with E-state index in [9.17, 15) is 4.79 Å². The van der Waals surface area contributed by atoms with E-state index in [-0.39, 0.29) is 17.2 Å². The average molecular weight is 353 g/mol. The highest BCUT2D eigenvalue weighted by Crippen LogP contribution is 2.38. The molecule has 24 heavy (non-hydrogen) atoms. The van der Waals surface area contributed by atoms with Gasteiger partial charge in [-0.25, -0.2) is 0 Å². The largest absolute Gasteiger partial charge is 0.416 e. The third kappa shape index (κ3) is 5.03. The number of carbonyl (C=O) groups is 1. The fourth-order valence-corrected chi connectivity index (χ4v) is 4.10. The van der Waals surface area contributed by atoms with Gasteiger partial charge in [-0.05, 0) is 42.8 Å². The van der Waals surface area contributed by atoms with Gasteiger partial charge in [0.15, 0.2) is 14.1 Å². The molecule has 4 unspecified atom stereocenters.